The van der Waals surface area contributed by atoms with E-state index in [1.54, 1.807) is 28.9 Å². The number of aromatic amines is 1. The molecule has 3 unspecified atom stereocenters. The molecule has 1 amide bonds. The lowest BCUT2D eigenvalue weighted by Crippen LogP contribution is -2.46. The highest BCUT2D eigenvalue weighted by atomic mass is 32.1. The number of amides is 1. The number of benzene rings is 1. The number of nitrogens with one attached hydrogen (secondary N) is 1. The molecule has 1 aliphatic carbocycles. The molecule has 1 saturated heterocycles. The van der Waals surface area contributed by atoms with Crippen molar-refractivity contribution >= 4 is 38.8 Å². The maximum absolute atomic E-state index is 13.4. The Bertz CT molecular complexity index is 1210. The van der Waals surface area contributed by atoms with Crippen molar-refractivity contribution in [1.82, 2.24) is 20.1 Å². The number of rotatable bonds is 3. The number of piperidine rings is 1. The molecule has 158 valence electrons. The second kappa shape index (κ2) is 7.25. The summed E-state index contributed by atoms with van der Waals surface area (Å²) >= 11 is 3.13. The minimum Gasteiger partial charge on any atom is -0.383 e. The first kappa shape index (κ1) is 19.2. The quantitative estimate of drug-likeness (QED) is 0.476. The lowest BCUT2D eigenvalue weighted by Gasteiger charge is -2.37. The van der Waals surface area contributed by atoms with Gasteiger partial charge >= 0.3 is 0 Å². The lowest BCUT2D eigenvalue weighted by molar-refractivity contribution is 0.0331. The van der Waals surface area contributed by atoms with Crippen molar-refractivity contribution in [3.8, 4) is 10.4 Å². The number of H-pyrrole nitrogens is 1. The summed E-state index contributed by atoms with van der Waals surface area (Å²) in [6.07, 6.45) is 6.86. The van der Waals surface area contributed by atoms with Crippen molar-refractivity contribution < 1.29 is 9.90 Å². The number of aromatic nitrogens is 3. The number of carbonyl (C=O) groups is 1. The van der Waals surface area contributed by atoms with E-state index >= 15 is 0 Å². The van der Waals surface area contributed by atoms with Gasteiger partial charge in [0.15, 0.2) is 0 Å². The molecule has 31 heavy (non-hydrogen) atoms. The fourth-order valence-corrected chi connectivity index (χ4v) is 7.10. The zero-order valence-electron chi connectivity index (χ0n) is 16.8. The zero-order chi connectivity index (χ0) is 21.0. The van der Waals surface area contributed by atoms with Crippen LogP contribution in [0.3, 0.4) is 0 Å². The second-order valence-electron chi connectivity index (χ2n) is 8.58. The molecule has 3 aromatic heterocycles. The Kier molecular flexibility index (Phi) is 4.48. The summed E-state index contributed by atoms with van der Waals surface area (Å²) in [6, 6.07) is 10.0. The molecule has 1 aliphatic heterocycles. The van der Waals surface area contributed by atoms with Crippen LogP contribution in [0.2, 0.25) is 0 Å². The summed E-state index contributed by atoms with van der Waals surface area (Å²) < 4.78 is 1.10. The SMILES string of the molecule is O=C(c1csc(-c2cn[nH]c2)c1)N1CCCC2CC(O)(c3nc4ccccc4s3)CC21. The number of carbonyl (C=O) groups excluding carboxylic acids is 1. The van der Waals surface area contributed by atoms with Crippen LogP contribution in [0.15, 0.2) is 48.1 Å². The Balaban J connectivity index is 1.27. The maximum Gasteiger partial charge on any atom is 0.254 e. The van der Waals surface area contributed by atoms with Crippen LogP contribution < -0.4 is 0 Å². The fourth-order valence-electron chi connectivity index (χ4n) is 5.16. The topological polar surface area (TPSA) is 82.1 Å². The van der Waals surface area contributed by atoms with Gasteiger partial charge < -0.3 is 10.0 Å². The van der Waals surface area contributed by atoms with Gasteiger partial charge in [-0.2, -0.15) is 5.10 Å². The van der Waals surface area contributed by atoms with Crippen molar-refractivity contribution in [2.45, 2.75) is 37.3 Å². The molecule has 2 fully saturated rings. The molecule has 1 aromatic carbocycles. The van der Waals surface area contributed by atoms with E-state index in [0.29, 0.717) is 18.8 Å². The van der Waals surface area contributed by atoms with E-state index in [0.717, 1.165) is 50.6 Å². The number of aliphatic hydroxyl groups is 1. The normalized spacial score (nSPS) is 25.8. The molecule has 0 bridgehead atoms. The number of thiazole rings is 1. The highest BCUT2D eigenvalue weighted by Crippen LogP contribution is 2.49. The van der Waals surface area contributed by atoms with E-state index < -0.39 is 5.60 Å². The largest absolute Gasteiger partial charge is 0.383 e. The van der Waals surface area contributed by atoms with E-state index in [2.05, 4.69) is 10.2 Å². The standard InChI is InChI=1S/C23H22N4O2S2/c28-21(15-8-20(30-13-15)16-11-24-25-12-16)27-7-3-4-14-9-23(29,10-18(14)27)22-26-17-5-1-2-6-19(17)31-22/h1-2,5-6,8,11-14,18,29H,3-4,7,9-10H2,(H,24,25). The first-order chi connectivity index (χ1) is 15.1. The van der Waals surface area contributed by atoms with E-state index in [1.807, 2.05) is 46.8 Å². The summed E-state index contributed by atoms with van der Waals surface area (Å²) in [6.45, 7) is 0.743. The Morgan fingerprint density at radius 2 is 2.19 bits per heavy atom. The predicted octanol–water partition coefficient (Wildman–Crippen LogP) is 4.65. The van der Waals surface area contributed by atoms with Gasteiger partial charge in [-0.3, -0.25) is 9.89 Å². The van der Waals surface area contributed by atoms with Gasteiger partial charge in [-0.1, -0.05) is 12.1 Å². The average Bonchev–Trinajstić information content (AvgIpc) is 3.57. The Morgan fingerprint density at radius 3 is 3.03 bits per heavy atom. The highest BCUT2D eigenvalue weighted by molar-refractivity contribution is 7.18. The van der Waals surface area contributed by atoms with Gasteiger partial charge in [-0.05, 0) is 43.4 Å². The second-order valence-corrected chi connectivity index (χ2v) is 10.5. The van der Waals surface area contributed by atoms with Crippen LogP contribution >= 0.6 is 22.7 Å². The molecule has 4 heterocycles. The van der Waals surface area contributed by atoms with E-state index in [-0.39, 0.29) is 11.9 Å². The van der Waals surface area contributed by atoms with Crippen LogP contribution in [-0.4, -0.2) is 43.7 Å². The molecular formula is C23H22N4O2S2. The first-order valence-corrected chi connectivity index (χ1v) is 12.3. The minimum absolute atomic E-state index is 0.0514. The van der Waals surface area contributed by atoms with Gasteiger partial charge in [-0.25, -0.2) is 4.98 Å². The molecule has 1 saturated carbocycles. The Morgan fingerprint density at radius 1 is 1.29 bits per heavy atom. The Hall–Kier alpha value is -2.55. The van der Waals surface area contributed by atoms with Gasteiger partial charge in [0.1, 0.15) is 10.6 Å². The number of para-hydroxylation sites is 1. The number of hydrogen-bond donors (Lipinski definition) is 2. The van der Waals surface area contributed by atoms with Gasteiger partial charge in [0.2, 0.25) is 0 Å². The van der Waals surface area contributed by atoms with Gasteiger partial charge in [0, 0.05) is 41.0 Å². The van der Waals surface area contributed by atoms with E-state index in [9.17, 15) is 9.90 Å². The van der Waals surface area contributed by atoms with Gasteiger partial charge in [0.25, 0.3) is 5.91 Å². The summed E-state index contributed by atoms with van der Waals surface area (Å²) in [4.78, 5) is 21.2. The van der Waals surface area contributed by atoms with Gasteiger partial charge in [0.05, 0.1) is 22.0 Å². The number of hydrogen-bond acceptors (Lipinski definition) is 6. The third-order valence-corrected chi connectivity index (χ3v) is 8.86. The highest BCUT2D eigenvalue weighted by Gasteiger charge is 2.51. The van der Waals surface area contributed by atoms with Crippen LogP contribution in [0.25, 0.3) is 20.7 Å². The molecule has 2 N–H and O–H groups in total. The van der Waals surface area contributed by atoms with Crippen molar-refractivity contribution in [1.29, 1.82) is 0 Å². The summed E-state index contributed by atoms with van der Waals surface area (Å²) in [5, 5.41) is 21.1. The number of nitrogens with zero attached hydrogens (tertiary/aromatic N) is 3. The Labute approximate surface area is 187 Å². The third-order valence-electron chi connectivity index (χ3n) is 6.65. The maximum atomic E-state index is 13.4. The van der Waals surface area contributed by atoms with Crippen LogP contribution in [-0.2, 0) is 5.60 Å². The molecule has 6 rings (SSSR count). The zero-order valence-corrected chi connectivity index (χ0v) is 18.5. The average molecular weight is 451 g/mol. The lowest BCUT2D eigenvalue weighted by atomic mass is 9.91. The molecule has 0 radical (unpaired) electrons. The first-order valence-electron chi connectivity index (χ1n) is 10.6. The summed E-state index contributed by atoms with van der Waals surface area (Å²) in [5.41, 5.74) is 1.69. The van der Waals surface area contributed by atoms with Crippen LogP contribution in [0.1, 0.15) is 41.0 Å². The fraction of sp³-hybridized carbons (Fsp3) is 0.348. The number of thiophene rings is 1. The van der Waals surface area contributed by atoms with E-state index in [4.69, 9.17) is 4.98 Å². The van der Waals surface area contributed by atoms with Crippen LogP contribution in [0.4, 0.5) is 0 Å². The van der Waals surface area contributed by atoms with Crippen LogP contribution in [0, 0.1) is 5.92 Å². The van der Waals surface area contributed by atoms with Crippen molar-refractivity contribution in [3.05, 3.63) is 58.7 Å². The summed E-state index contributed by atoms with van der Waals surface area (Å²) in [5.74, 6) is 0.371. The number of likely N-dealkylation sites (tertiary alicyclic amines) is 1. The van der Waals surface area contributed by atoms with Crippen molar-refractivity contribution in [2.24, 2.45) is 5.92 Å². The third kappa shape index (κ3) is 3.21. The molecule has 2 aliphatic rings. The predicted molar refractivity (Wildman–Crippen MR) is 122 cm³/mol. The van der Waals surface area contributed by atoms with E-state index in [1.165, 1.54) is 0 Å². The molecular weight excluding hydrogens is 428 g/mol. The minimum atomic E-state index is -0.960. The van der Waals surface area contributed by atoms with Crippen molar-refractivity contribution in [3.63, 3.8) is 0 Å². The molecule has 3 atom stereocenters. The molecule has 6 nitrogen and oxygen atoms in total. The smallest absolute Gasteiger partial charge is 0.254 e. The molecule has 0 spiro atoms. The monoisotopic (exact) mass is 450 g/mol. The summed E-state index contributed by atoms with van der Waals surface area (Å²) in [7, 11) is 0. The molecule has 8 heteroatoms. The van der Waals surface area contributed by atoms with Crippen molar-refractivity contribution in [2.75, 3.05) is 6.54 Å². The number of fused-ring (bicyclic) bond motifs is 2. The molecule has 4 aromatic rings. The van der Waals surface area contributed by atoms with Crippen LogP contribution in [0.5, 0.6) is 0 Å². The van der Waals surface area contributed by atoms with Gasteiger partial charge in [-0.15, -0.1) is 22.7 Å².